The SMILES string of the molecule is COc1cccc(CNC(=O)CCc2nnc3c4cc(-c5ccccc5)nn4ccn23)c1. The Morgan fingerprint density at radius 1 is 1.03 bits per heavy atom. The molecule has 5 rings (SSSR count). The fourth-order valence-corrected chi connectivity index (χ4v) is 3.68. The minimum atomic E-state index is -0.0404. The summed E-state index contributed by atoms with van der Waals surface area (Å²) in [6, 6.07) is 19.7. The van der Waals surface area contributed by atoms with E-state index in [0.29, 0.717) is 25.0 Å². The third-order valence-corrected chi connectivity index (χ3v) is 5.36. The van der Waals surface area contributed by atoms with Crippen LogP contribution in [0, 0.1) is 0 Å². The maximum absolute atomic E-state index is 12.4. The second kappa shape index (κ2) is 8.50. The quantitative estimate of drug-likeness (QED) is 0.432. The highest BCUT2D eigenvalue weighted by Gasteiger charge is 2.13. The summed E-state index contributed by atoms with van der Waals surface area (Å²) >= 11 is 0. The molecule has 0 unspecified atom stereocenters. The summed E-state index contributed by atoms with van der Waals surface area (Å²) in [4.78, 5) is 12.4. The number of benzene rings is 2. The highest BCUT2D eigenvalue weighted by atomic mass is 16.5. The standard InChI is InChI=1S/C24H22N6O2/c1-32-19-9-5-6-17(14-19)16-25-23(31)11-10-22-26-27-24-21-15-20(18-7-3-2-4-8-18)28-30(21)13-12-29(22)24/h2-9,12-15H,10-11,16H2,1H3,(H,25,31). The van der Waals surface area contributed by atoms with Gasteiger partial charge in [0.1, 0.15) is 17.1 Å². The Labute approximate surface area is 184 Å². The molecule has 5 aromatic rings. The number of nitrogens with one attached hydrogen (secondary N) is 1. The van der Waals surface area contributed by atoms with E-state index in [1.165, 1.54) is 0 Å². The van der Waals surface area contributed by atoms with Gasteiger partial charge in [-0.15, -0.1) is 10.2 Å². The number of fused-ring (bicyclic) bond motifs is 3. The summed E-state index contributed by atoms with van der Waals surface area (Å²) in [5.74, 6) is 1.47. The number of ether oxygens (including phenoxy) is 1. The Morgan fingerprint density at radius 2 is 1.91 bits per heavy atom. The molecule has 3 aromatic heterocycles. The molecule has 8 heteroatoms. The molecule has 2 aromatic carbocycles. The first-order valence-electron chi connectivity index (χ1n) is 10.4. The predicted octanol–water partition coefficient (Wildman–Crippen LogP) is 3.30. The molecule has 0 atom stereocenters. The number of carbonyl (C=O) groups excluding carboxylic acids is 1. The van der Waals surface area contributed by atoms with Gasteiger partial charge < -0.3 is 10.1 Å². The molecule has 0 aliphatic rings. The van der Waals surface area contributed by atoms with Crippen LogP contribution < -0.4 is 10.1 Å². The molecule has 0 aliphatic heterocycles. The summed E-state index contributed by atoms with van der Waals surface area (Å²) in [6.07, 6.45) is 4.57. The first-order chi connectivity index (χ1) is 15.7. The minimum absolute atomic E-state index is 0.0404. The van der Waals surface area contributed by atoms with Crippen LogP contribution in [-0.4, -0.2) is 37.2 Å². The second-order valence-corrected chi connectivity index (χ2v) is 7.46. The van der Waals surface area contributed by atoms with E-state index in [2.05, 4.69) is 20.6 Å². The molecule has 0 saturated heterocycles. The molecule has 0 aliphatic carbocycles. The summed E-state index contributed by atoms with van der Waals surface area (Å²) in [5.41, 5.74) is 4.49. The van der Waals surface area contributed by atoms with Gasteiger partial charge in [-0.3, -0.25) is 9.20 Å². The summed E-state index contributed by atoms with van der Waals surface area (Å²) in [6.45, 7) is 0.454. The van der Waals surface area contributed by atoms with Crippen molar-refractivity contribution in [3.63, 3.8) is 0 Å². The smallest absolute Gasteiger partial charge is 0.220 e. The molecular formula is C24H22N6O2. The van der Waals surface area contributed by atoms with Gasteiger partial charge in [0.25, 0.3) is 0 Å². The van der Waals surface area contributed by atoms with Crippen molar-refractivity contribution in [3.05, 3.63) is 84.4 Å². The van der Waals surface area contributed by atoms with Crippen LogP contribution in [0.3, 0.4) is 0 Å². The molecular weight excluding hydrogens is 404 g/mol. The van der Waals surface area contributed by atoms with Crippen molar-refractivity contribution in [2.45, 2.75) is 19.4 Å². The van der Waals surface area contributed by atoms with Crippen LogP contribution in [0.4, 0.5) is 0 Å². The van der Waals surface area contributed by atoms with E-state index in [4.69, 9.17) is 4.74 Å². The molecule has 3 heterocycles. The Balaban J connectivity index is 1.29. The first kappa shape index (κ1) is 19.7. The van der Waals surface area contributed by atoms with Crippen LogP contribution >= 0.6 is 0 Å². The highest BCUT2D eigenvalue weighted by molar-refractivity contribution is 5.77. The van der Waals surface area contributed by atoms with E-state index in [9.17, 15) is 4.79 Å². The van der Waals surface area contributed by atoms with Gasteiger partial charge >= 0.3 is 0 Å². The Bertz CT molecular complexity index is 1390. The van der Waals surface area contributed by atoms with Gasteiger partial charge in [0.15, 0.2) is 5.65 Å². The maximum Gasteiger partial charge on any atom is 0.220 e. The number of hydrogen-bond donors (Lipinski definition) is 1. The van der Waals surface area contributed by atoms with Crippen molar-refractivity contribution in [2.24, 2.45) is 0 Å². The molecule has 0 bridgehead atoms. The van der Waals surface area contributed by atoms with Crippen molar-refractivity contribution >= 4 is 17.1 Å². The fraction of sp³-hybridized carbons (Fsp3) is 0.167. The molecule has 32 heavy (non-hydrogen) atoms. The van der Waals surface area contributed by atoms with Crippen LogP contribution in [-0.2, 0) is 17.8 Å². The number of amides is 1. The lowest BCUT2D eigenvalue weighted by Gasteiger charge is -2.07. The second-order valence-electron chi connectivity index (χ2n) is 7.46. The lowest BCUT2D eigenvalue weighted by atomic mass is 10.1. The zero-order valence-corrected chi connectivity index (χ0v) is 17.6. The van der Waals surface area contributed by atoms with Gasteiger partial charge in [-0.25, -0.2) is 4.52 Å². The van der Waals surface area contributed by atoms with E-state index < -0.39 is 0 Å². The number of hydrogen-bond acceptors (Lipinski definition) is 5. The van der Waals surface area contributed by atoms with Crippen molar-refractivity contribution in [1.82, 2.24) is 29.5 Å². The van der Waals surface area contributed by atoms with Gasteiger partial charge in [0.05, 0.1) is 12.8 Å². The predicted molar refractivity (Wildman–Crippen MR) is 120 cm³/mol. The lowest BCUT2D eigenvalue weighted by Crippen LogP contribution is -2.23. The van der Waals surface area contributed by atoms with Crippen LogP contribution in [0.25, 0.3) is 22.4 Å². The molecule has 8 nitrogen and oxygen atoms in total. The van der Waals surface area contributed by atoms with E-state index >= 15 is 0 Å². The summed E-state index contributed by atoms with van der Waals surface area (Å²) < 4.78 is 8.94. The van der Waals surface area contributed by atoms with Crippen LogP contribution in [0.5, 0.6) is 5.75 Å². The molecule has 1 amide bonds. The Kier molecular flexibility index (Phi) is 5.25. The average molecular weight is 426 g/mol. The van der Waals surface area contributed by atoms with Gasteiger partial charge in [-0.05, 0) is 23.8 Å². The molecule has 0 spiro atoms. The number of carbonyl (C=O) groups is 1. The number of aryl methyl sites for hydroxylation is 1. The van der Waals surface area contributed by atoms with Crippen molar-refractivity contribution < 1.29 is 9.53 Å². The number of methoxy groups -OCH3 is 1. The Morgan fingerprint density at radius 3 is 2.75 bits per heavy atom. The fourth-order valence-electron chi connectivity index (χ4n) is 3.68. The summed E-state index contributed by atoms with van der Waals surface area (Å²) in [7, 11) is 1.63. The summed E-state index contributed by atoms with van der Waals surface area (Å²) in [5, 5.41) is 16.3. The normalized spacial score (nSPS) is 11.2. The number of aromatic nitrogens is 5. The molecule has 0 radical (unpaired) electrons. The first-order valence-corrected chi connectivity index (χ1v) is 10.4. The monoisotopic (exact) mass is 426 g/mol. The maximum atomic E-state index is 12.4. The molecule has 1 N–H and O–H groups in total. The zero-order valence-electron chi connectivity index (χ0n) is 17.6. The number of nitrogens with zero attached hydrogens (tertiary/aromatic N) is 5. The molecule has 160 valence electrons. The number of rotatable bonds is 7. The van der Waals surface area contributed by atoms with Gasteiger partial charge in [-0.1, -0.05) is 42.5 Å². The average Bonchev–Trinajstić information content (AvgIpc) is 3.46. The van der Waals surface area contributed by atoms with E-state index in [-0.39, 0.29) is 5.91 Å². The van der Waals surface area contributed by atoms with Gasteiger partial charge in [-0.2, -0.15) is 5.10 Å². The van der Waals surface area contributed by atoms with Gasteiger partial charge in [0, 0.05) is 37.3 Å². The van der Waals surface area contributed by atoms with Crippen molar-refractivity contribution in [2.75, 3.05) is 7.11 Å². The van der Waals surface area contributed by atoms with Crippen LogP contribution in [0.1, 0.15) is 17.8 Å². The minimum Gasteiger partial charge on any atom is -0.497 e. The third kappa shape index (κ3) is 3.90. The van der Waals surface area contributed by atoms with Crippen LogP contribution in [0.2, 0.25) is 0 Å². The highest BCUT2D eigenvalue weighted by Crippen LogP contribution is 2.22. The third-order valence-electron chi connectivity index (χ3n) is 5.36. The zero-order chi connectivity index (χ0) is 21.9. The largest absolute Gasteiger partial charge is 0.497 e. The topological polar surface area (TPSA) is 85.8 Å². The van der Waals surface area contributed by atoms with Gasteiger partial charge in [0.2, 0.25) is 5.91 Å². The molecule has 0 fully saturated rings. The molecule has 0 saturated carbocycles. The van der Waals surface area contributed by atoms with E-state index in [0.717, 1.165) is 33.9 Å². The van der Waals surface area contributed by atoms with Crippen molar-refractivity contribution in [3.8, 4) is 17.0 Å². The van der Waals surface area contributed by atoms with E-state index in [1.54, 1.807) is 11.6 Å². The van der Waals surface area contributed by atoms with Crippen molar-refractivity contribution in [1.29, 1.82) is 0 Å². The van der Waals surface area contributed by atoms with Crippen LogP contribution in [0.15, 0.2) is 73.1 Å². The van der Waals surface area contributed by atoms with E-state index in [1.807, 2.05) is 77.5 Å². The lowest BCUT2D eigenvalue weighted by molar-refractivity contribution is -0.121. The Hall–Kier alpha value is -4.20.